The monoisotopic (exact) mass is 351 g/mol. The minimum Gasteiger partial charge on any atom is -0.346 e. The third-order valence-corrected chi connectivity index (χ3v) is 5.28. The van der Waals surface area contributed by atoms with Crippen molar-refractivity contribution in [2.75, 3.05) is 6.54 Å². The highest BCUT2D eigenvalue weighted by Gasteiger charge is 2.15. The van der Waals surface area contributed by atoms with Gasteiger partial charge in [-0.1, -0.05) is 12.1 Å². The first-order valence-electron chi connectivity index (χ1n) is 6.82. The summed E-state index contributed by atoms with van der Waals surface area (Å²) >= 11 is 1.46. The minimum absolute atomic E-state index is 0.0390. The molecular formula is C15H17N3O3S2. The van der Waals surface area contributed by atoms with Crippen LogP contribution in [0.4, 0.5) is 0 Å². The number of aromatic nitrogens is 1. The van der Waals surface area contributed by atoms with Crippen molar-refractivity contribution in [3.8, 4) is 0 Å². The van der Waals surface area contributed by atoms with Crippen LogP contribution in [0.2, 0.25) is 0 Å². The summed E-state index contributed by atoms with van der Waals surface area (Å²) in [6.07, 6.45) is 1.45. The van der Waals surface area contributed by atoms with Gasteiger partial charge in [0.1, 0.15) is 5.01 Å². The van der Waals surface area contributed by atoms with E-state index in [9.17, 15) is 13.2 Å². The number of hydrogen-bond acceptors (Lipinski definition) is 5. The van der Waals surface area contributed by atoms with Gasteiger partial charge in [0.25, 0.3) is 5.91 Å². The standard InChI is InChI=1S/C15H17N3O3S2/c1-3-7-17-23(20,21)13-6-4-5-12(8-13)15(19)16-9-14-18-11(2)10-22-14/h3-6,8,10,17H,1,7,9H2,2H3,(H,16,19). The summed E-state index contributed by atoms with van der Waals surface area (Å²) in [4.78, 5) is 16.4. The molecule has 0 spiro atoms. The first kappa shape index (κ1) is 17.3. The van der Waals surface area contributed by atoms with Crippen LogP contribution >= 0.6 is 11.3 Å². The van der Waals surface area contributed by atoms with Crippen LogP contribution in [0.25, 0.3) is 0 Å². The number of carbonyl (C=O) groups excluding carboxylic acids is 1. The van der Waals surface area contributed by atoms with Crippen molar-refractivity contribution in [1.29, 1.82) is 0 Å². The number of sulfonamides is 1. The molecule has 0 saturated carbocycles. The van der Waals surface area contributed by atoms with Crippen LogP contribution in [0.3, 0.4) is 0 Å². The average Bonchev–Trinajstić information content (AvgIpc) is 2.96. The lowest BCUT2D eigenvalue weighted by molar-refractivity contribution is 0.0950. The smallest absolute Gasteiger partial charge is 0.251 e. The summed E-state index contributed by atoms with van der Waals surface area (Å²) in [6, 6.07) is 5.88. The molecule has 1 aromatic heterocycles. The number of thiazole rings is 1. The Bertz CT molecular complexity index is 813. The van der Waals surface area contributed by atoms with Gasteiger partial charge in [-0.3, -0.25) is 4.79 Å². The maximum absolute atomic E-state index is 12.2. The molecule has 0 aliphatic heterocycles. The maximum Gasteiger partial charge on any atom is 0.251 e. The molecule has 2 rings (SSSR count). The highest BCUT2D eigenvalue weighted by atomic mass is 32.2. The van der Waals surface area contributed by atoms with Gasteiger partial charge in [-0.2, -0.15) is 0 Å². The van der Waals surface area contributed by atoms with Gasteiger partial charge in [0.15, 0.2) is 0 Å². The van der Waals surface area contributed by atoms with Gasteiger partial charge in [0, 0.05) is 23.2 Å². The van der Waals surface area contributed by atoms with Gasteiger partial charge in [-0.05, 0) is 25.1 Å². The summed E-state index contributed by atoms with van der Waals surface area (Å²) in [7, 11) is -3.65. The predicted octanol–water partition coefficient (Wildman–Crippen LogP) is 1.85. The molecule has 0 aliphatic carbocycles. The molecule has 0 radical (unpaired) electrons. The molecule has 0 aliphatic rings. The molecule has 1 amide bonds. The van der Waals surface area contributed by atoms with Crippen LogP contribution in [0.15, 0.2) is 47.2 Å². The molecule has 1 aromatic carbocycles. The van der Waals surface area contributed by atoms with Crippen molar-refractivity contribution < 1.29 is 13.2 Å². The Kier molecular flexibility index (Phi) is 5.64. The zero-order valence-electron chi connectivity index (χ0n) is 12.6. The van der Waals surface area contributed by atoms with Gasteiger partial charge in [0.05, 0.1) is 11.4 Å². The fourth-order valence-corrected chi connectivity index (χ4v) is 3.55. The first-order chi connectivity index (χ1) is 10.9. The summed E-state index contributed by atoms with van der Waals surface area (Å²) in [5.41, 5.74) is 1.18. The molecule has 0 unspecified atom stereocenters. The summed E-state index contributed by atoms with van der Waals surface area (Å²) in [6.45, 7) is 5.78. The number of carbonyl (C=O) groups is 1. The van der Waals surface area contributed by atoms with Gasteiger partial charge >= 0.3 is 0 Å². The molecule has 0 atom stereocenters. The normalized spacial score (nSPS) is 11.2. The Hall–Kier alpha value is -2.03. The van der Waals surface area contributed by atoms with Gasteiger partial charge in [-0.25, -0.2) is 18.1 Å². The van der Waals surface area contributed by atoms with E-state index in [1.54, 1.807) is 6.07 Å². The Morgan fingerprint density at radius 1 is 1.43 bits per heavy atom. The number of amides is 1. The summed E-state index contributed by atoms with van der Waals surface area (Å²) in [5.74, 6) is -0.348. The molecule has 0 saturated heterocycles. The lowest BCUT2D eigenvalue weighted by Gasteiger charge is -2.07. The number of hydrogen-bond donors (Lipinski definition) is 2. The van der Waals surface area contributed by atoms with E-state index in [1.165, 1.54) is 35.6 Å². The van der Waals surface area contributed by atoms with Gasteiger partial charge in [0.2, 0.25) is 10.0 Å². The Morgan fingerprint density at radius 2 is 2.22 bits per heavy atom. The molecule has 23 heavy (non-hydrogen) atoms. The molecule has 6 nitrogen and oxygen atoms in total. The third kappa shape index (κ3) is 4.72. The van der Waals surface area contributed by atoms with Crippen molar-refractivity contribution >= 4 is 27.3 Å². The summed E-state index contributed by atoms with van der Waals surface area (Å²) < 4.78 is 26.5. The van der Waals surface area contributed by atoms with E-state index in [2.05, 4.69) is 21.6 Å². The Labute approximate surface area is 139 Å². The van der Waals surface area contributed by atoms with E-state index < -0.39 is 10.0 Å². The fourth-order valence-electron chi connectivity index (χ4n) is 1.80. The molecule has 2 aromatic rings. The van der Waals surface area contributed by atoms with E-state index in [0.29, 0.717) is 6.54 Å². The number of benzene rings is 1. The second kappa shape index (κ2) is 7.49. The van der Waals surface area contributed by atoms with Crippen LogP contribution in [0.5, 0.6) is 0 Å². The van der Waals surface area contributed by atoms with Crippen LogP contribution in [0, 0.1) is 6.92 Å². The molecule has 122 valence electrons. The van der Waals surface area contributed by atoms with Crippen LogP contribution in [-0.2, 0) is 16.6 Å². The zero-order valence-corrected chi connectivity index (χ0v) is 14.2. The first-order valence-corrected chi connectivity index (χ1v) is 9.18. The molecule has 1 heterocycles. The number of nitrogens with zero attached hydrogens (tertiary/aromatic N) is 1. The number of nitrogens with one attached hydrogen (secondary N) is 2. The molecule has 8 heteroatoms. The van der Waals surface area contributed by atoms with Crippen LogP contribution in [0.1, 0.15) is 21.1 Å². The van der Waals surface area contributed by atoms with Crippen LogP contribution in [-0.4, -0.2) is 25.9 Å². The topological polar surface area (TPSA) is 88.2 Å². The lowest BCUT2D eigenvalue weighted by atomic mass is 10.2. The van der Waals surface area contributed by atoms with Crippen molar-refractivity contribution in [3.63, 3.8) is 0 Å². The second-order valence-electron chi connectivity index (χ2n) is 4.73. The molecule has 2 N–H and O–H groups in total. The van der Waals surface area contributed by atoms with E-state index in [0.717, 1.165) is 10.7 Å². The quantitative estimate of drug-likeness (QED) is 0.745. The predicted molar refractivity (Wildman–Crippen MR) is 89.8 cm³/mol. The highest BCUT2D eigenvalue weighted by molar-refractivity contribution is 7.89. The van der Waals surface area contributed by atoms with Gasteiger partial charge in [-0.15, -0.1) is 17.9 Å². The van der Waals surface area contributed by atoms with Crippen LogP contribution < -0.4 is 10.0 Å². The number of rotatable bonds is 7. The highest BCUT2D eigenvalue weighted by Crippen LogP contribution is 2.12. The summed E-state index contributed by atoms with van der Waals surface area (Å²) in [5, 5.41) is 5.43. The van der Waals surface area contributed by atoms with E-state index in [4.69, 9.17) is 0 Å². The van der Waals surface area contributed by atoms with E-state index >= 15 is 0 Å². The zero-order chi connectivity index (χ0) is 16.9. The number of aryl methyl sites for hydroxylation is 1. The Morgan fingerprint density at radius 3 is 2.87 bits per heavy atom. The van der Waals surface area contributed by atoms with E-state index in [-0.39, 0.29) is 22.9 Å². The molecule has 0 bridgehead atoms. The average molecular weight is 351 g/mol. The van der Waals surface area contributed by atoms with Crippen molar-refractivity contribution in [2.45, 2.75) is 18.4 Å². The third-order valence-electron chi connectivity index (χ3n) is 2.89. The van der Waals surface area contributed by atoms with Gasteiger partial charge < -0.3 is 5.32 Å². The second-order valence-corrected chi connectivity index (χ2v) is 7.44. The lowest BCUT2D eigenvalue weighted by Crippen LogP contribution is -2.25. The van der Waals surface area contributed by atoms with E-state index in [1.807, 2.05) is 12.3 Å². The maximum atomic E-state index is 12.2. The van der Waals surface area contributed by atoms with Crippen molar-refractivity contribution in [2.24, 2.45) is 0 Å². The molecular weight excluding hydrogens is 334 g/mol. The SMILES string of the molecule is C=CCNS(=O)(=O)c1cccc(C(=O)NCc2nc(C)cs2)c1. The Balaban J connectivity index is 2.09. The van der Waals surface area contributed by atoms with Crippen molar-refractivity contribution in [1.82, 2.24) is 15.0 Å². The largest absolute Gasteiger partial charge is 0.346 e. The van der Waals surface area contributed by atoms with Crippen molar-refractivity contribution in [3.05, 3.63) is 58.6 Å². The minimum atomic E-state index is -3.65. The molecule has 0 fully saturated rings. The fraction of sp³-hybridized carbons (Fsp3) is 0.200.